The van der Waals surface area contributed by atoms with Gasteiger partial charge in [0.15, 0.2) is 11.5 Å². The summed E-state index contributed by atoms with van der Waals surface area (Å²) in [6.07, 6.45) is 2.79. The van der Waals surface area contributed by atoms with Gasteiger partial charge in [-0.25, -0.2) is 4.98 Å². The largest absolute Gasteiger partial charge is 0.383 e. The first kappa shape index (κ1) is 14.0. The van der Waals surface area contributed by atoms with Gasteiger partial charge < -0.3 is 14.6 Å². The quantitative estimate of drug-likeness (QED) is 0.652. The number of nitrogens with zero attached hydrogens (tertiary/aromatic N) is 4. The van der Waals surface area contributed by atoms with Crippen LogP contribution in [0.15, 0.2) is 6.33 Å². The standard InChI is InChI=1S/C12H18ClN5O/c1-4-8(2)18-7-15-11-9(18)10(14-5-6-19-3)16-12(13)17-11/h7-8H,4-6H2,1-3H3,(H,14,16,17). The Bertz CT molecular complexity index is 556. The maximum Gasteiger partial charge on any atom is 0.226 e. The van der Waals surface area contributed by atoms with Gasteiger partial charge in [-0.05, 0) is 24.9 Å². The van der Waals surface area contributed by atoms with E-state index in [1.165, 1.54) is 0 Å². The molecule has 6 nitrogen and oxygen atoms in total. The molecule has 0 saturated carbocycles. The highest BCUT2D eigenvalue weighted by atomic mass is 35.5. The van der Waals surface area contributed by atoms with Gasteiger partial charge in [-0.2, -0.15) is 9.97 Å². The Balaban J connectivity index is 2.43. The van der Waals surface area contributed by atoms with E-state index < -0.39 is 0 Å². The Hall–Kier alpha value is -1.40. The summed E-state index contributed by atoms with van der Waals surface area (Å²) in [7, 11) is 1.66. The predicted molar refractivity (Wildman–Crippen MR) is 75.7 cm³/mol. The minimum Gasteiger partial charge on any atom is -0.383 e. The first-order chi connectivity index (χ1) is 9.17. The number of ether oxygens (including phenoxy) is 1. The minimum absolute atomic E-state index is 0.196. The molecule has 0 amide bonds. The van der Waals surface area contributed by atoms with Crippen LogP contribution in [0.3, 0.4) is 0 Å². The molecule has 0 aliphatic heterocycles. The summed E-state index contributed by atoms with van der Waals surface area (Å²) in [4.78, 5) is 12.7. The van der Waals surface area contributed by atoms with Crippen LogP contribution in [0, 0.1) is 0 Å². The summed E-state index contributed by atoms with van der Waals surface area (Å²) < 4.78 is 7.10. The molecular weight excluding hydrogens is 266 g/mol. The highest BCUT2D eigenvalue weighted by Gasteiger charge is 2.15. The summed E-state index contributed by atoms with van der Waals surface area (Å²) in [5, 5.41) is 3.41. The van der Waals surface area contributed by atoms with Crippen LogP contribution in [-0.4, -0.2) is 39.8 Å². The van der Waals surface area contributed by atoms with Crippen molar-refractivity contribution in [3.05, 3.63) is 11.6 Å². The third-order valence-electron chi connectivity index (χ3n) is 3.07. The molecule has 1 atom stereocenters. The van der Waals surface area contributed by atoms with Gasteiger partial charge in [0.25, 0.3) is 0 Å². The number of nitrogens with one attached hydrogen (secondary N) is 1. The van der Waals surface area contributed by atoms with Crippen LogP contribution < -0.4 is 5.32 Å². The molecular formula is C12H18ClN5O. The lowest BCUT2D eigenvalue weighted by Crippen LogP contribution is -2.12. The van der Waals surface area contributed by atoms with Gasteiger partial charge in [-0.1, -0.05) is 6.92 Å². The molecule has 0 radical (unpaired) electrons. The number of methoxy groups -OCH3 is 1. The topological polar surface area (TPSA) is 64.9 Å². The third-order valence-corrected chi connectivity index (χ3v) is 3.23. The Labute approximate surface area is 117 Å². The molecule has 2 rings (SSSR count). The zero-order valence-electron chi connectivity index (χ0n) is 11.4. The van der Waals surface area contributed by atoms with Crippen LogP contribution in [0.2, 0.25) is 5.28 Å². The van der Waals surface area contributed by atoms with Crippen LogP contribution in [0.1, 0.15) is 26.3 Å². The van der Waals surface area contributed by atoms with E-state index in [2.05, 4.69) is 38.7 Å². The Morgan fingerprint density at radius 3 is 2.95 bits per heavy atom. The maximum absolute atomic E-state index is 5.92. The van der Waals surface area contributed by atoms with Crippen molar-refractivity contribution in [2.24, 2.45) is 0 Å². The van der Waals surface area contributed by atoms with Crippen LogP contribution in [0.4, 0.5) is 5.82 Å². The second-order valence-electron chi connectivity index (χ2n) is 4.34. The lowest BCUT2D eigenvalue weighted by molar-refractivity contribution is 0.210. The van der Waals surface area contributed by atoms with Crippen LogP contribution in [-0.2, 0) is 4.74 Å². The van der Waals surface area contributed by atoms with Crippen molar-refractivity contribution in [2.75, 3.05) is 25.6 Å². The molecule has 1 unspecified atom stereocenters. The van der Waals surface area contributed by atoms with Crippen molar-refractivity contribution in [3.63, 3.8) is 0 Å². The van der Waals surface area contributed by atoms with E-state index in [1.54, 1.807) is 13.4 Å². The van der Waals surface area contributed by atoms with E-state index in [4.69, 9.17) is 16.3 Å². The minimum atomic E-state index is 0.196. The number of anilines is 1. The molecule has 2 aromatic rings. The molecule has 0 aliphatic rings. The van der Waals surface area contributed by atoms with E-state index in [9.17, 15) is 0 Å². The van der Waals surface area contributed by atoms with Crippen molar-refractivity contribution >= 4 is 28.6 Å². The van der Waals surface area contributed by atoms with Crippen LogP contribution in [0.25, 0.3) is 11.2 Å². The SMILES string of the molecule is CCC(C)n1cnc2nc(Cl)nc(NCCOC)c21. The van der Waals surface area contributed by atoms with Gasteiger partial charge in [0, 0.05) is 19.7 Å². The number of halogens is 1. The summed E-state index contributed by atoms with van der Waals surface area (Å²) >= 11 is 5.92. The van der Waals surface area contributed by atoms with Gasteiger partial charge in [0.05, 0.1) is 12.9 Å². The van der Waals surface area contributed by atoms with Crippen molar-refractivity contribution in [2.45, 2.75) is 26.3 Å². The molecule has 0 aromatic carbocycles. The Morgan fingerprint density at radius 2 is 2.26 bits per heavy atom. The van der Waals surface area contributed by atoms with Crippen LogP contribution >= 0.6 is 11.6 Å². The molecule has 19 heavy (non-hydrogen) atoms. The molecule has 2 aromatic heterocycles. The molecule has 0 bridgehead atoms. The second-order valence-corrected chi connectivity index (χ2v) is 4.68. The molecule has 0 saturated heterocycles. The van der Waals surface area contributed by atoms with Gasteiger partial charge in [0.1, 0.15) is 5.52 Å². The summed E-state index contributed by atoms with van der Waals surface area (Å²) in [6, 6.07) is 0.331. The molecule has 0 aliphatic carbocycles. The highest BCUT2D eigenvalue weighted by molar-refractivity contribution is 6.28. The predicted octanol–water partition coefficient (Wildman–Crippen LogP) is 2.51. The molecule has 2 heterocycles. The fraction of sp³-hybridized carbons (Fsp3) is 0.583. The lowest BCUT2D eigenvalue weighted by atomic mass is 10.2. The number of fused-ring (bicyclic) bond motifs is 1. The molecule has 104 valence electrons. The van der Waals surface area contributed by atoms with Gasteiger partial charge in [0.2, 0.25) is 5.28 Å². The highest BCUT2D eigenvalue weighted by Crippen LogP contribution is 2.25. The number of hydrogen-bond donors (Lipinski definition) is 1. The zero-order valence-corrected chi connectivity index (χ0v) is 12.1. The van der Waals surface area contributed by atoms with Gasteiger partial charge in [-0.15, -0.1) is 0 Å². The average molecular weight is 284 g/mol. The van der Waals surface area contributed by atoms with E-state index in [-0.39, 0.29) is 5.28 Å². The molecule has 1 N–H and O–H groups in total. The summed E-state index contributed by atoms with van der Waals surface area (Å²) in [5.74, 6) is 0.699. The van der Waals surface area contributed by atoms with E-state index in [0.717, 1.165) is 11.9 Å². The Kier molecular flexibility index (Phi) is 4.55. The fourth-order valence-electron chi connectivity index (χ4n) is 1.84. The summed E-state index contributed by atoms with van der Waals surface area (Å²) in [6.45, 7) is 5.52. The first-order valence-electron chi connectivity index (χ1n) is 6.30. The average Bonchev–Trinajstić information content (AvgIpc) is 2.81. The van der Waals surface area contributed by atoms with Crippen molar-refractivity contribution in [1.29, 1.82) is 0 Å². The third kappa shape index (κ3) is 2.96. The normalized spacial score (nSPS) is 12.8. The Morgan fingerprint density at radius 1 is 1.47 bits per heavy atom. The smallest absolute Gasteiger partial charge is 0.226 e. The number of aromatic nitrogens is 4. The van der Waals surface area contributed by atoms with Gasteiger partial charge >= 0.3 is 0 Å². The van der Waals surface area contributed by atoms with Crippen LogP contribution in [0.5, 0.6) is 0 Å². The molecule has 0 spiro atoms. The summed E-state index contributed by atoms with van der Waals surface area (Å²) in [5.41, 5.74) is 1.50. The zero-order chi connectivity index (χ0) is 13.8. The fourth-order valence-corrected chi connectivity index (χ4v) is 2.01. The van der Waals surface area contributed by atoms with E-state index >= 15 is 0 Å². The van der Waals surface area contributed by atoms with Crippen molar-refractivity contribution in [3.8, 4) is 0 Å². The van der Waals surface area contributed by atoms with Crippen molar-refractivity contribution < 1.29 is 4.74 Å². The molecule has 0 fully saturated rings. The number of imidazole rings is 1. The number of rotatable bonds is 6. The van der Waals surface area contributed by atoms with E-state index in [0.29, 0.717) is 30.7 Å². The number of hydrogen-bond acceptors (Lipinski definition) is 5. The van der Waals surface area contributed by atoms with E-state index in [1.807, 2.05) is 0 Å². The monoisotopic (exact) mass is 283 g/mol. The lowest BCUT2D eigenvalue weighted by Gasteiger charge is -2.14. The maximum atomic E-state index is 5.92. The van der Waals surface area contributed by atoms with Crippen molar-refractivity contribution in [1.82, 2.24) is 19.5 Å². The molecule has 7 heteroatoms. The second kappa shape index (κ2) is 6.16. The van der Waals surface area contributed by atoms with Gasteiger partial charge in [-0.3, -0.25) is 0 Å². The first-order valence-corrected chi connectivity index (χ1v) is 6.68.